The lowest BCUT2D eigenvalue weighted by molar-refractivity contribution is 0.286. The molecule has 0 heterocycles. The summed E-state index contributed by atoms with van der Waals surface area (Å²) < 4.78 is 0. The summed E-state index contributed by atoms with van der Waals surface area (Å²) in [6.07, 6.45) is 7.26. The van der Waals surface area contributed by atoms with E-state index in [0.29, 0.717) is 5.54 Å². The van der Waals surface area contributed by atoms with Crippen molar-refractivity contribution < 1.29 is 0 Å². The van der Waals surface area contributed by atoms with Gasteiger partial charge < -0.3 is 5.32 Å². The van der Waals surface area contributed by atoms with Gasteiger partial charge in [-0.15, -0.1) is 0 Å². The van der Waals surface area contributed by atoms with Gasteiger partial charge in [0, 0.05) is 11.2 Å². The van der Waals surface area contributed by atoms with Gasteiger partial charge in [0.25, 0.3) is 0 Å². The van der Waals surface area contributed by atoms with Gasteiger partial charge in [-0.2, -0.15) is 0 Å². The van der Waals surface area contributed by atoms with Gasteiger partial charge >= 0.3 is 0 Å². The first-order valence-corrected chi connectivity index (χ1v) is 6.10. The van der Waals surface area contributed by atoms with Crippen LogP contribution < -0.4 is 5.32 Å². The molecule has 0 saturated heterocycles. The summed E-state index contributed by atoms with van der Waals surface area (Å²) in [7, 11) is 0. The molecule has 0 aliphatic heterocycles. The minimum atomic E-state index is 0.316. The van der Waals surface area contributed by atoms with Crippen molar-refractivity contribution in [2.24, 2.45) is 0 Å². The Morgan fingerprint density at radius 3 is 1.86 bits per heavy atom. The summed E-state index contributed by atoms with van der Waals surface area (Å²) in [5.41, 5.74) is 1.50. The van der Waals surface area contributed by atoms with Gasteiger partial charge in [-0.3, -0.25) is 0 Å². The van der Waals surface area contributed by atoms with Crippen LogP contribution in [0.25, 0.3) is 0 Å². The number of allylic oxidation sites excluding steroid dienone is 1. The number of hydrogen-bond donors (Lipinski definition) is 1. The van der Waals surface area contributed by atoms with Crippen LogP contribution in [0.5, 0.6) is 0 Å². The molecule has 1 nitrogen and oxygen atoms in total. The van der Waals surface area contributed by atoms with Crippen LogP contribution in [0.15, 0.2) is 12.3 Å². The average molecular weight is 197 g/mol. The van der Waals surface area contributed by atoms with E-state index in [1.54, 1.807) is 0 Å². The standard InChI is InChI=1S/C13H27N/c1-6-10-13(9-4,11-7-2)14-12(5)8-3/h14H,5-11H2,1-4H3. The predicted octanol–water partition coefficient (Wildman–Crippen LogP) is 4.25. The quantitative estimate of drug-likeness (QED) is 0.613. The molecule has 14 heavy (non-hydrogen) atoms. The zero-order chi connectivity index (χ0) is 11.0. The third-order valence-corrected chi connectivity index (χ3v) is 3.00. The molecule has 0 bridgehead atoms. The molecular formula is C13H27N. The van der Waals surface area contributed by atoms with Crippen molar-refractivity contribution in [3.8, 4) is 0 Å². The Bertz CT molecular complexity index is 155. The van der Waals surface area contributed by atoms with Gasteiger partial charge in [0.05, 0.1) is 0 Å². The van der Waals surface area contributed by atoms with Crippen LogP contribution in [0, 0.1) is 0 Å². The SMILES string of the molecule is C=C(CC)NC(CC)(CCC)CCC. The van der Waals surface area contributed by atoms with Gasteiger partial charge in [-0.05, 0) is 25.7 Å². The van der Waals surface area contributed by atoms with Crippen LogP contribution >= 0.6 is 0 Å². The van der Waals surface area contributed by atoms with E-state index in [0.717, 1.165) is 6.42 Å². The average Bonchev–Trinajstić information content (AvgIpc) is 2.18. The summed E-state index contributed by atoms with van der Waals surface area (Å²) in [4.78, 5) is 0. The summed E-state index contributed by atoms with van der Waals surface area (Å²) >= 11 is 0. The zero-order valence-electron chi connectivity index (χ0n) is 10.4. The summed E-state index contributed by atoms with van der Waals surface area (Å²) in [5.74, 6) is 0. The lowest BCUT2D eigenvalue weighted by Crippen LogP contribution is -2.43. The molecule has 84 valence electrons. The van der Waals surface area contributed by atoms with Crippen LogP contribution in [0.2, 0.25) is 0 Å². The molecule has 0 aliphatic carbocycles. The Balaban J connectivity index is 4.39. The highest BCUT2D eigenvalue weighted by Crippen LogP contribution is 2.25. The molecule has 0 aliphatic rings. The van der Waals surface area contributed by atoms with Crippen LogP contribution in [-0.4, -0.2) is 5.54 Å². The molecule has 0 fully saturated rings. The van der Waals surface area contributed by atoms with Crippen molar-refractivity contribution >= 4 is 0 Å². The predicted molar refractivity (Wildman–Crippen MR) is 65.4 cm³/mol. The van der Waals surface area contributed by atoms with E-state index in [-0.39, 0.29) is 0 Å². The van der Waals surface area contributed by atoms with E-state index in [4.69, 9.17) is 0 Å². The fourth-order valence-corrected chi connectivity index (χ4v) is 2.11. The molecule has 0 saturated carbocycles. The highest BCUT2D eigenvalue weighted by atomic mass is 15.0. The smallest absolute Gasteiger partial charge is 0.0367 e. The largest absolute Gasteiger partial charge is 0.383 e. The van der Waals surface area contributed by atoms with E-state index < -0.39 is 0 Å². The Kier molecular flexibility index (Phi) is 6.69. The third-order valence-electron chi connectivity index (χ3n) is 3.00. The monoisotopic (exact) mass is 197 g/mol. The second-order valence-electron chi connectivity index (χ2n) is 4.22. The van der Waals surface area contributed by atoms with Gasteiger partial charge in [-0.25, -0.2) is 0 Å². The first-order valence-electron chi connectivity index (χ1n) is 6.10. The molecule has 0 aromatic rings. The number of hydrogen-bond acceptors (Lipinski definition) is 1. The second-order valence-corrected chi connectivity index (χ2v) is 4.22. The summed E-state index contributed by atoms with van der Waals surface area (Å²) in [5, 5.41) is 3.64. The van der Waals surface area contributed by atoms with Crippen molar-refractivity contribution in [3.05, 3.63) is 12.3 Å². The highest BCUT2D eigenvalue weighted by Gasteiger charge is 2.25. The summed E-state index contributed by atoms with van der Waals surface area (Å²) in [6, 6.07) is 0. The van der Waals surface area contributed by atoms with E-state index in [9.17, 15) is 0 Å². The summed E-state index contributed by atoms with van der Waals surface area (Å²) in [6.45, 7) is 13.0. The maximum Gasteiger partial charge on any atom is 0.0367 e. The van der Waals surface area contributed by atoms with Gasteiger partial charge in [-0.1, -0.05) is 47.1 Å². The van der Waals surface area contributed by atoms with Crippen molar-refractivity contribution in [1.82, 2.24) is 5.32 Å². The molecule has 0 amide bonds. The maximum absolute atomic E-state index is 4.06. The fraction of sp³-hybridized carbons (Fsp3) is 0.846. The Morgan fingerprint density at radius 2 is 1.57 bits per heavy atom. The maximum atomic E-state index is 4.06. The van der Waals surface area contributed by atoms with Crippen molar-refractivity contribution in [2.45, 2.75) is 71.8 Å². The van der Waals surface area contributed by atoms with Gasteiger partial charge in [0.2, 0.25) is 0 Å². The minimum Gasteiger partial charge on any atom is -0.383 e. The topological polar surface area (TPSA) is 12.0 Å². The lowest BCUT2D eigenvalue weighted by Gasteiger charge is -2.35. The molecule has 0 unspecified atom stereocenters. The first kappa shape index (κ1) is 13.5. The van der Waals surface area contributed by atoms with Gasteiger partial charge in [0.1, 0.15) is 0 Å². The molecular weight excluding hydrogens is 170 g/mol. The Morgan fingerprint density at radius 1 is 1.07 bits per heavy atom. The molecule has 0 rings (SSSR count). The van der Waals surface area contributed by atoms with Crippen LogP contribution in [0.4, 0.5) is 0 Å². The van der Waals surface area contributed by atoms with Crippen molar-refractivity contribution in [3.63, 3.8) is 0 Å². The molecule has 0 radical (unpaired) electrons. The second kappa shape index (κ2) is 6.92. The molecule has 0 spiro atoms. The van der Waals surface area contributed by atoms with Crippen LogP contribution in [0.3, 0.4) is 0 Å². The van der Waals surface area contributed by atoms with E-state index >= 15 is 0 Å². The highest BCUT2D eigenvalue weighted by molar-refractivity contribution is 4.99. The van der Waals surface area contributed by atoms with E-state index in [1.807, 2.05) is 0 Å². The number of nitrogens with one attached hydrogen (secondary N) is 1. The molecule has 0 aromatic heterocycles. The van der Waals surface area contributed by atoms with Crippen molar-refractivity contribution in [2.75, 3.05) is 0 Å². The normalized spacial score (nSPS) is 11.4. The number of rotatable bonds is 8. The van der Waals surface area contributed by atoms with E-state index in [2.05, 4.69) is 39.6 Å². The molecule has 1 N–H and O–H groups in total. The Hall–Kier alpha value is -0.460. The third kappa shape index (κ3) is 4.17. The fourth-order valence-electron chi connectivity index (χ4n) is 2.11. The first-order chi connectivity index (χ1) is 6.64. The van der Waals surface area contributed by atoms with Crippen LogP contribution in [0.1, 0.15) is 66.2 Å². The lowest BCUT2D eigenvalue weighted by atomic mass is 9.85. The Labute approximate surface area is 90.0 Å². The zero-order valence-corrected chi connectivity index (χ0v) is 10.4. The van der Waals surface area contributed by atoms with E-state index in [1.165, 1.54) is 37.8 Å². The molecule has 0 atom stereocenters. The minimum absolute atomic E-state index is 0.316. The van der Waals surface area contributed by atoms with Gasteiger partial charge in [0.15, 0.2) is 0 Å². The van der Waals surface area contributed by atoms with Crippen LogP contribution in [-0.2, 0) is 0 Å². The molecule has 0 aromatic carbocycles. The van der Waals surface area contributed by atoms with Crippen molar-refractivity contribution in [1.29, 1.82) is 0 Å². The molecule has 1 heteroatoms.